The van der Waals surface area contributed by atoms with Gasteiger partial charge in [0.25, 0.3) is 0 Å². The molecule has 0 saturated carbocycles. The minimum absolute atomic E-state index is 0.0874. The Bertz CT molecular complexity index is 1410. The van der Waals surface area contributed by atoms with E-state index in [1.54, 1.807) is 38.3 Å². The number of carboxylic acid groups (broad SMARTS) is 1. The van der Waals surface area contributed by atoms with Crippen LogP contribution < -0.4 is 10.1 Å². The summed E-state index contributed by atoms with van der Waals surface area (Å²) in [5.41, 5.74) is 4.76. The number of ether oxygens (including phenoxy) is 2. The second-order valence-electron chi connectivity index (χ2n) is 8.26. The normalized spacial score (nSPS) is 10.7. The lowest BCUT2D eigenvalue weighted by molar-refractivity contribution is -0.136. The van der Waals surface area contributed by atoms with Gasteiger partial charge in [-0.05, 0) is 41.8 Å². The molecule has 1 amide bonds. The smallest absolute Gasteiger partial charge is 0.411 e. The highest BCUT2D eigenvalue weighted by Crippen LogP contribution is 2.35. The van der Waals surface area contributed by atoms with Gasteiger partial charge in [-0.1, -0.05) is 65.3 Å². The monoisotopic (exact) mass is 520 g/mol. The van der Waals surface area contributed by atoms with Crippen LogP contribution in [0, 0.1) is 6.92 Å². The van der Waals surface area contributed by atoms with E-state index in [2.05, 4.69) is 10.5 Å². The number of rotatable bonds is 9. The summed E-state index contributed by atoms with van der Waals surface area (Å²) in [4.78, 5) is 23.6. The number of amides is 1. The molecule has 0 radical (unpaired) electrons. The molecule has 4 aromatic rings. The van der Waals surface area contributed by atoms with Crippen LogP contribution in [0.1, 0.15) is 16.8 Å². The second-order valence-corrected chi connectivity index (χ2v) is 8.66. The standard InChI is InChI=1S/C28H25ClN2O6/c1-17-26(30-28(34)36-14-13-20-5-3-4-6-23(20)29)27(37-31-17)21-10-8-19(9-11-21)22-15-18(16-25(32)33)7-12-24(22)35-2/h3-12,15H,13-14,16H2,1-2H3,(H,30,34)(H,32,33). The Kier molecular flexibility index (Phi) is 8.10. The Labute approximate surface area is 218 Å². The van der Waals surface area contributed by atoms with Crippen molar-refractivity contribution in [3.05, 3.63) is 88.6 Å². The van der Waals surface area contributed by atoms with Gasteiger partial charge in [0, 0.05) is 22.6 Å². The minimum Gasteiger partial charge on any atom is -0.496 e. The molecular weight excluding hydrogens is 496 g/mol. The van der Waals surface area contributed by atoms with E-state index in [9.17, 15) is 9.59 Å². The molecule has 0 aliphatic heterocycles. The molecular formula is C28H25ClN2O6. The van der Waals surface area contributed by atoms with Crippen LogP contribution in [-0.2, 0) is 22.4 Å². The lowest BCUT2D eigenvalue weighted by atomic mass is 9.99. The largest absolute Gasteiger partial charge is 0.496 e. The molecule has 4 rings (SSSR count). The Hall–Kier alpha value is -4.30. The summed E-state index contributed by atoms with van der Waals surface area (Å²) >= 11 is 6.15. The lowest BCUT2D eigenvalue weighted by Crippen LogP contribution is -2.16. The zero-order chi connectivity index (χ0) is 26.4. The van der Waals surface area contributed by atoms with Crippen LogP contribution in [0.4, 0.5) is 10.5 Å². The van der Waals surface area contributed by atoms with Crippen LogP contribution in [0.15, 0.2) is 71.3 Å². The summed E-state index contributed by atoms with van der Waals surface area (Å²) in [6.07, 6.45) is -0.229. The summed E-state index contributed by atoms with van der Waals surface area (Å²) in [6.45, 7) is 1.88. The molecule has 0 unspecified atom stereocenters. The second kappa shape index (κ2) is 11.6. The van der Waals surface area contributed by atoms with Crippen molar-refractivity contribution >= 4 is 29.4 Å². The van der Waals surface area contributed by atoms with Gasteiger partial charge in [0.15, 0.2) is 5.76 Å². The van der Waals surface area contributed by atoms with Crippen molar-refractivity contribution in [2.24, 2.45) is 0 Å². The van der Waals surface area contributed by atoms with Gasteiger partial charge in [-0.15, -0.1) is 0 Å². The highest BCUT2D eigenvalue weighted by atomic mass is 35.5. The third-order valence-corrected chi connectivity index (χ3v) is 6.10. The molecule has 0 atom stereocenters. The number of nitrogens with one attached hydrogen (secondary N) is 1. The molecule has 0 spiro atoms. The Morgan fingerprint density at radius 2 is 1.78 bits per heavy atom. The first kappa shape index (κ1) is 25.8. The SMILES string of the molecule is COc1ccc(CC(=O)O)cc1-c1ccc(-c2onc(C)c2NC(=O)OCCc2ccccc2Cl)cc1. The summed E-state index contributed by atoms with van der Waals surface area (Å²) in [5, 5.41) is 16.5. The fourth-order valence-corrected chi connectivity index (χ4v) is 4.10. The van der Waals surface area contributed by atoms with E-state index in [4.69, 9.17) is 30.7 Å². The highest BCUT2D eigenvalue weighted by Gasteiger charge is 2.19. The maximum absolute atomic E-state index is 12.4. The van der Waals surface area contributed by atoms with Crippen LogP contribution >= 0.6 is 11.6 Å². The summed E-state index contributed by atoms with van der Waals surface area (Å²) in [5.74, 6) is 0.104. The molecule has 2 N–H and O–H groups in total. The maximum Gasteiger partial charge on any atom is 0.411 e. The summed E-state index contributed by atoms with van der Waals surface area (Å²) in [6, 6.07) is 20.0. The average Bonchev–Trinajstić information content (AvgIpc) is 3.24. The number of methoxy groups -OCH3 is 1. The van der Waals surface area contributed by atoms with Gasteiger partial charge >= 0.3 is 12.1 Å². The summed E-state index contributed by atoms with van der Waals surface area (Å²) < 4.78 is 16.3. The molecule has 1 heterocycles. The number of anilines is 1. The number of halogens is 1. The van der Waals surface area contributed by atoms with Gasteiger partial charge in [0.1, 0.15) is 17.1 Å². The molecule has 0 fully saturated rings. The number of benzene rings is 3. The third-order valence-electron chi connectivity index (χ3n) is 5.73. The van der Waals surface area contributed by atoms with E-state index < -0.39 is 12.1 Å². The molecule has 37 heavy (non-hydrogen) atoms. The first-order valence-corrected chi connectivity index (χ1v) is 11.9. The lowest BCUT2D eigenvalue weighted by Gasteiger charge is -2.11. The van der Waals surface area contributed by atoms with Gasteiger partial charge in [-0.3, -0.25) is 10.1 Å². The number of hydrogen-bond acceptors (Lipinski definition) is 6. The fourth-order valence-electron chi connectivity index (χ4n) is 3.87. The van der Waals surface area contributed by atoms with Crippen molar-refractivity contribution in [2.75, 3.05) is 19.0 Å². The molecule has 1 aromatic heterocycles. The Morgan fingerprint density at radius 1 is 1.05 bits per heavy atom. The number of aliphatic carboxylic acids is 1. The molecule has 0 bridgehead atoms. The van der Waals surface area contributed by atoms with E-state index in [0.29, 0.717) is 45.5 Å². The van der Waals surface area contributed by atoms with E-state index in [1.165, 1.54) is 0 Å². The van der Waals surface area contributed by atoms with Gasteiger partial charge in [0.2, 0.25) is 0 Å². The van der Waals surface area contributed by atoms with Gasteiger partial charge < -0.3 is 19.1 Å². The number of carboxylic acids is 1. The highest BCUT2D eigenvalue weighted by molar-refractivity contribution is 6.31. The van der Waals surface area contributed by atoms with E-state index in [0.717, 1.165) is 16.7 Å². The molecule has 190 valence electrons. The maximum atomic E-state index is 12.4. The number of aryl methyl sites for hydroxylation is 1. The van der Waals surface area contributed by atoms with Crippen LogP contribution in [0.5, 0.6) is 5.75 Å². The van der Waals surface area contributed by atoms with Crippen molar-refractivity contribution in [3.8, 4) is 28.2 Å². The summed E-state index contributed by atoms with van der Waals surface area (Å²) in [7, 11) is 1.56. The molecule has 9 heteroatoms. The first-order chi connectivity index (χ1) is 17.9. The van der Waals surface area contributed by atoms with Crippen molar-refractivity contribution in [1.29, 1.82) is 0 Å². The van der Waals surface area contributed by atoms with E-state index >= 15 is 0 Å². The Balaban J connectivity index is 1.48. The Morgan fingerprint density at radius 3 is 2.49 bits per heavy atom. The fraction of sp³-hybridized carbons (Fsp3) is 0.179. The predicted octanol–water partition coefficient (Wildman–Crippen LogP) is 6.40. The molecule has 3 aromatic carbocycles. The quantitative estimate of drug-likeness (QED) is 0.263. The van der Waals surface area contributed by atoms with Gasteiger partial charge in [-0.25, -0.2) is 4.79 Å². The number of nitrogens with zero attached hydrogens (tertiary/aromatic N) is 1. The molecule has 8 nitrogen and oxygen atoms in total. The van der Waals surface area contributed by atoms with Gasteiger partial charge in [0.05, 0.1) is 20.1 Å². The minimum atomic E-state index is -0.908. The van der Waals surface area contributed by atoms with Crippen LogP contribution in [0.3, 0.4) is 0 Å². The van der Waals surface area contributed by atoms with Crippen LogP contribution in [-0.4, -0.2) is 36.0 Å². The zero-order valence-electron chi connectivity index (χ0n) is 20.3. The van der Waals surface area contributed by atoms with E-state index in [1.807, 2.05) is 42.5 Å². The van der Waals surface area contributed by atoms with Crippen molar-refractivity contribution in [3.63, 3.8) is 0 Å². The number of carbonyl (C=O) groups excluding carboxylic acids is 1. The third kappa shape index (κ3) is 6.29. The first-order valence-electron chi connectivity index (χ1n) is 11.5. The van der Waals surface area contributed by atoms with Crippen molar-refractivity contribution in [2.45, 2.75) is 19.8 Å². The van der Waals surface area contributed by atoms with Crippen molar-refractivity contribution in [1.82, 2.24) is 5.16 Å². The van der Waals surface area contributed by atoms with Crippen LogP contribution in [0.2, 0.25) is 5.02 Å². The van der Waals surface area contributed by atoms with Crippen LogP contribution in [0.25, 0.3) is 22.5 Å². The number of aromatic nitrogens is 1. The number of carbonyl (C=O) groups is 2. The molecule has 0 aliphatic carbocycles. The number of hydrogen-bond donors (Lipinski definition) is 2. The zero-order valence-corrected chi connectivity index (χ0v) is 21.0. The van der Waals surface area contributed by atoms with Crippen molar-refractivity contribution < 1.29 is 28.7 Å². The average molecular weight is 521 g/mol. The predicted molar refractivity (Wildman–Crippen MR) is 140 cm³/mol. The molecule has 0 saturated heterocycles. The topological polar surface area (TPSA) is 111 Å². The van der Waals surface area contributed by atoms with Gasteiger partial charge in [-0.2, -0.15) is 0 Å². The molecule has 0 aliphatic rings. The van der Waals surface area contributed by atoms with E-state index in [-0.39, 0.29) is 13.0 Å².